The minimum absolute atomic E-state index is 0.0370. The Balaban J connectivity index is 1.84. The second-order valence-corrected chi connectivity index (χ2v) is 8.37. The molecular weight excluding hydrogens is 348 g/mol. The van der Waals surface area contributed by atoms with E-state index in [2.05, 4.69) is 17.4 Å². The molecule has 1 atom stereocenters. The van der Waals surface area contributed by atoms with Crippen LogP contribution >= 0.6 is 0 Å². The molecule has 28 heavy (non-hydrogen) atoms. The Morgan fingerprint density at radius 2 is 1.71 bits per heavy atom. The van der Waals surface area contributed by atoms with E-state index in [0.717, 1.165) is 36.8 Å². The number of fused-ring (bicyclic) bond motifs is 1. The summed E-state index contributed by atoms with van der Waals surface area (Å²) in [5.41, 5.74) is 2.21. The maximum Gasteiger partial charge on any atom is 0.254 e. The van der Waals surface area contributed by atoms with Crippen LogP contribution in [0.5, 0.6) is 0 Å². The lowest BCUT2D eigenvalue weighted by Crippen LogP contribution is -2.60. The van der Waals surface area contributed by atoms with Crippen molar-refractivity contribution in [3.63, 3.8) is 0 Å². The van der Waals surface area contributed by atoms with Crippen LogP contribution in [0.4, 0.5) is 0 Å². The lowest BCUT2D eigenvalue weighted by atomic mass is 9.70. The van der Waals surface area contributed by atoms with Crippen molar-refractivity contribution >= 4 is 11.8 Å². The molecule has 2 aromatic carbocycles. The number of hydrogen-bond donors (Lipinski definition) is 1. The van der Waals surface area contributed by atoms with Gasteiger partial charge in [0.25, 0.3) is 5.91 Å². The van der Waals surface area contributed by atoms with Gasteiger partial charge in [-0.15, -0.1) is 0 Å². The molecule has 0 saturated heterocycles. The molecule has 0 aromatic heterocycles. The molecule has 146 valence electrons. The van der Waals surface area contributed by atoms with Crippen molar-refractivity contribution < 1.29 is 9.59 Å². The Hall–Kier alpha value is -2.62. The van der Waals surface area contributed by atoms with Crippen LogP contribution in [0.15, 0.2) is 54.6 Å². The number of hydrogen-bond acceptors (Lipinski definition) is 2. The zero-order chi connectivity index (χ0) is 19.7. The molecular formula is C24H28N2O2. The largest absolute Gasteiger partial charge is 0.353 e. The Morgan fingerprint density at radius 3 is 2.39 bits per heavy atom. The molecule has 2 amide bonds. The highest BCUT2D eigenvalue weighted by molar-refractivity contribution is 6.02. The standard InChI is InChI=1S/C24H28N2O2/c1-17(2)25-22(27)21-19-12-6-7-13-20(19)23(28)26(24(21)14-8-9-15-24)16-18-10-4-3-5-11-18/h3-7,10-13,17,21H,8-9,14-16H2,1-2H3,(H,25,27)/t21-/m0/s1. The smallest absolute Gasteiger partial charge is 0.254 e. The van der Waals surface area contributed by atoms with Crippen molar-refractivity contribution in [1.29, 1.82) is 0 Å². The molecule has 0 bridgehead atoms. The van der Waals surface area contributed by atoms with E-state index in [1.807, 2.05) is 61.2 Å². The molecule has 4 heteroatoms. The van der Waals surface area contributed by atoms with Crippen LogP contribution in [-0.4, -0.2) is 28.3 Å². The van der Waals surface area contributed by atoms with Crippen molar-refractivity contribution in [1.82, 2.24) is 10.2 Å². The van der Waals surface area contributed by atoms with E-state index in [9.17, 15) is 9.59 Å². The summed E-state index contributed by atoms with van der Waals surface area (Å²) in [4.78, 5) is 29.0. The van der Waals surface area contributed by atoms with Crippen LogP contribution in [0.2, 0.25) is 0 Å². The topological polar surface area (TPSA) is 49.4 Å². The van der Waals surface area contributed by atoms with Gasteiger partial charge in [0.15, 0.2) is 0 Å². The second-order valence-electron chi connectivity index (χ2n) is 8.37. The minimum Gasteiger partial charge on any atom is -0.353 e. The normalized spacial score (nSPS) is 20.5. The first-order valence-electron chi connectivity index (χ1n) is 10.3. The number of carbonyl (C=O) groups is 2. The fraction of sp³-hybridized carbons (Fsp3) is 0.417. The molecule has 2 aliphatic rings. The SMILES string of the molecule is CC(C)NC(=O)[C@@H]1c2ccccc2C(=O)N(Cc2ccccc2)C12CCCC2. The fourth-order valence-electron chi connectivity index (χ4n) is 5.03. The lowest BCUT2D eigenvalue weighted by molar-refractivity contribution is -0.127. The maximum atomic E-state index is 13.6. The molecule has 1 aliphatic carbocycles. The van der Waals surface area contributed by atoms with Crippen molar-refractivity contribution in [3.05, 3.63) is 71.3 Å². The Labute approximate surface area is 166 Å². The maximum absolute atomic E-state index is 13.6. The van der Waals surface area contributed by atoms with Crippen LogP contribution in [0, 0.1) is 0 Å². The van der Waals surface area contributed by atoms with Crippen molar-refractivity contribution in [2.75, 3.05) is 0 Å². The summed E-state index contributed by atoms with van der Waals surface area (Å²) in [6.45, 7) is 4.52. The Kier molecular flexibility index (Phi) is 4.96. The van der Waals surface area contributed by atoms with Crippen molar-refractivity contribution in [2.24, 2.45) is 0 Å². The molecule has 1 aliphatic heterocycles. The number of nitrogens with one attached hydrogen (secondary N) is 1. The summed E-state index contributed by atoms with van der Waals surface area (Å²) in [5, 5.41) is 3.13. The van der Waals surface area contributed by atoms with E-state index >= 15 is 0 Å². The molecule has 4 nitrogen and oxygen atoms in total. The first-order chi connectivity index (χ1) is 13.5. The van der Waals surface area contributed by atoms with Crippen LogP contribution in [0.3, 0.4) is 0 Å². The van der Waals surface area contributed by atoms with Gasteiger partial charge in [0.05, 0.1) is 11.5 Å². The van der Waals surface area contributed by atoms with Crippen LogP contribution in [0.25, 0.3) is 0 Å². The summed E-state index contributed by atoms with van der Waals surface area (Å²) in [6.07, 6.45) is 3.84. The lowest BCUT2D eigenvalue weighted by Gasteiger charge is -2.50. The summed E-state index contributed by atoms with van der Waals surface area (Å²) >= 11 is 0. The van der Waals surface area contributed by atoms with Crippen LogP contribution < -0.4 is 5.32 Å². The average Bonchev–Trinajstić information content (AvgIpc) is 3.15. The zero-order valence-electron chi connectivity index (χ0n) is 16.7. The molecule has 1 N–H and O–H groups in total. The van der Waals surface area contributed by atoms with Gasteiger partial charge in [-0.2, -0.15) is 0 Å². The van der Waals surface area contributed by atoms with Gasteiger partial charge in [-0.1, -0.05) is 61.4 Å². The van der Waals surface area contributed by atoms with Gasteiger partial charge in [-0.25, -0.2) is 0 Å². The first kappa shape index (κ1) is 18.7. The predicted molar refractivity (Wildman–Crippen MR) is 110 cm³/mol. The van der Waals surface area contributed by atoms with E-state index in [4.69, 9.17) is 0 Å². The van der Waals surface area contributed by atoms with Crippen molar-refractivity contribution in [2.45, 2.75) is 63.6 Å². The highest BCUT2D eigenvalue weighted by Gasteiger charge is 2.55. The van der Waals surface area contributed by atoms with Gasteiger partial charge in [0, 0.05) is 18.2 Å². The molecule has 0 radical (unpaired) electrons. The minimum atomic E-state index is -0.444. The van der Waals surface area contributed by atoms with E-state index in [1.54, 1.807) is 0 Å². The summed E-state index contributed by atoms with van der Waals surface area (Å²) in [7, 11) is 0. The average molecular weight is 377 g/mol. The zero-order valence-corrected chi connectivity index (χ0v) is 16.7. The van der Waals surface area contributed by atoms with Gasteiger partial charge >= 0.3 is 0 Å². The third-order valence-corrected chi connectivity index (χ3v) is 6.17. The Bertz CT molecular complexity index is 869. The second kappa shape index (κ2) is 7.42. The molecule has 1 fully saturated rings. The summed E-state index contributed by atoms with van der Waals surface area (Å²) in [6, 6.07) is 17.8. The molecule has 2 aromatic rings. The number of carbonyl (C=O) groups excluding carboxylic acids is 2. The van der Waals surface area contributed by atoms with E-state index in [-0.39, 0.29) is 23.8 Å². The van der Waals surface area contributed by atoms with E-state index < -0.39 is 5.54 Å². The first-order valence-corrected chi connectivity index (χ1v) is 10.3. The Morgan fingerprint density at radius 1 is 1.07 bits per heavy atom. The van der Waals surface area contributed by atoms with E-state index in [1.165, 1.54) is 0 Å². The number of rotatable bonds is 4. The molecule has 1 spiro atoms. The molecule has 1 heterocycles. The summed E-state index contributed by atoms with van der Waals surface area (Å²) in [5.74, 6) is -0.236. The predicted octanol–water partition coefficient (Wildman–Crippen LogP) is 4.26. The van der Waals surface area contributed by atoms with Crippen LogP contribution in [-0.2, 0) is 11.3 Å². The van der Waals surface area contributed by atoms with Crippen LogP contribution in [0.1, 0.15) is 66.9 Å². The third kappa shape index (κ3) is 3.11. The van der Waals surface area contributed by atoms with Gasteiger partial charge < -0.3 is 10.2 Å². The highest BCUT2D eigenvalue weighted by atomic mass is 16.2. The van der Waals surface area contributed by atoms with Gasteiger partial charge in [0.1, 0.15) is 0 Å². The van der Waals surface area contributed by atoms with Gasteiger partial charge in [-0.05, 0) is 43.9 Å². The number of nitrogens with zero attached hydrogens (tertiary/aromatic N) is 1. The monoisotopic (exact) mass is 376 g/mol. The summed E-state index contributed by atoms with van der Waals surface area (Å²) < 4.78 is 0. The molecule has 1 saturated carbocycles. The quantitative estimate of drug-likeness (QED) is 0.867. The number of amides is 2. The number of benzene rings is 2. The van der Waals surface area contributed by atoms with E-state index in [0.29, 0.717) is 12.1 Å². The third-order valence-electron chi connectivity index (χ3n) is 6.17. The fourth-order valence-corrected chi connectivity index (χ4v) is 5.03. The van der Waals surface area contributed by atoms with Gasteiger partial charge in [0.2, 0.25) is 5.91 Å². The van der Waals surface area contributed by atoms with Gasteiger partial charge in [-0.3, -0.25) is 9.59 Å². The molecule has 0 unspecified atom stereocenters. The van der Waals surface area contributed by atoms with Crippen molar-refractivity contribution in [3.8, 4) is 0 Å². The molecule has 4 rings (SSSR count). The highest BCUT2D eigenvalue weighted by Crippen LogP contribution is 2.50.